The van der Waals surface area contributed by atoms with Crippen molar-refractivity contribution in [1.29, 1.82) is 0 Å². The molecule has 3 N–H and O–H groups in total. The normalized spacial score (nSPS) is 16.4. The third-order valence-electron chi connectivity index (χ3n) is 4.45. The van der Waals surface area contributed by atoms with Crippen LogP contribution in [0.3, 0.4) is 0 Å². The minimum atomic E-state index is -4.86. The number of halogens is 3. The molecule has 0 aliphatic carbocycles. The summed E-state index contributed by atoms with van der Waals surface area (Å²) >= 11 is 0. The zero-order valence-corrected chi connectivity index (χ0v) is 15.1. The van der Waals surface area contributed by atoms with Crippen LogP contribution in [0.1, 0.15) is 18.4 Å². The number of sulfonamides is 1. The van der Waals surface area contributed by atoms with Crippen molar-refractivity contribution in [2.75, 3.05) is 13.1 Å². The average molecular weight is 400 g/mol. The van der Waals surface area contributed by atoms with E-state index in [-0.39, 0.29) is 16.9 Å². The number of hydrogen-bond acceptors (Lipinski definition) is 4. The van der Waals surface area contributed by atoms with Gasteiger partial charge >= 0.3 is 6.18 Å². The molecule has 3 rings (SSSR count). The Morgan fingerprint density at radius 2 is 1.74 bits per heavy atom. The Morgan fingerprint density at radius 3 is 2.37 bits per heavy atom. The molecule has 1 saturated heterocycles. The maximum atomic E-state index is 13.6. The van der Waals surface area contributed by atoms with Crippen LogP contribution in [0.2, 0.25) is 0 Å². The van der Waals surface area contributed by atoms with E-state index < -0.39 is 32.7 Å². The van der Waals surface area contributed by atoms with Gasteiger partial charge in [-0.25, -0.2) is 13.1 Å². The van der Waals surface area contributed by atoms with E-state index in [0.29, 0.717) is 25.9 Å². The monoisotopic (exact) mass is 400 g/mol. The summed E-state index contributed by atoms with van der Waals surface area (Å²) in [4.78, 5) is -0.812. The van der Waals surface area contributed by atoms with E-state index in [2.05, 4.69) is 10.0 Å². The van der Waals surface area contributed by atoms with Gasteiger partial charge in [0.15, 0.2) is 0 Å². The average Bonchev–Trinajstić information content (AvgIpc) is 2.61. The first kappa shape index (κ1) is 19.7. The number of rotatable bonds is 4. The van der Waals surface area contributed by atoms with Gasteiger partial charge in [0.2, 0.25) is 10.0 Å². The van der Waals surface area contributed by atoms with E-state index in [9.17, 15) is 26.7 Å². The molecular formula is C18H19F3N2O3S. The third kappa shape index (κ3) is 4.42. The summed E-state index contributed by atoms with van der Waals surface area (Å²) in [6.45, 7) is 1.21. The molecule has 27 heavy (non-hydrogen) atoms. The highest BCUT2D eigenvalue weighted by molar-refractivity contribution is 7.89. The Labute approximate surface area is 155 Å². The quantitative estimate of drug-likeness (QED) is 0.737. The fourth-order valence-electron chi connectivity index (χ4n) is 3.09. The largest absolute Gasteiger partial charge is 0.507 e. The first-order valence-corrected chi connectivity index (χ1v) is 9.89. The lowest BCUT2D eigenvalue weighted by Crippen LogP contribution is -2.43. The van der Waals surface area contributed by atoms with Crippen molar-refractivity contribution in [2.45, 2.75) is 30.0 Å². The summed E-state index contributed by atoms with van der Waals surface area (Å²) in [5, 5.41) is 13.0. The second-order valence-corrected chi connectivity index (χ2v) is 8.05. The summed E-state index contributed by atoms with van der Waals surface area (Å²) in [5.74, 6) is -0.186. The number of phenols is 1. The summed E-state index contributed by atoms with van der Waals surface area (Å²) in [5.41, 5.74) is -0.982. The molecule has 0 amide bonds. The van der Waals surface area contributed by atoms with Gasteiger partial charge in [0.1, 0.15) is 5.75 Å². The molecular weight excluding hydrogens is 381 g/mol. The van der Waals surface area contributed by atoms with Gasteiger partial charge in [0.25, 0.3) is 0 Å². The van der Waals surface area contributed by atoms with Crippen molar-refractivity contribution in [3.05, 3.63) is 48.0 Å². The molecule has 0 atom stereocenters. The summed E-state index contributed by atoms with van der Waals surface area (Å²) < 4.78 is 68.3. The maximum absolute atomic E-state index is 13.6. The predicted molar refractivity (Wildman–Crippen MR) is 94.8 cm³/mol. The van der Waals surface area contributed by atoms with Crippen LogP contribution < -0.4 is 10.0 Å². The van der Waals surface area contributed by atoms with Crippen LogP contribution in [-0.2, 0) is 16.2 Å². The Morgan fingerprint density at radius 1 is 1.07 bits per heavy atom. The molecule has 1 aliphatic heterocycles. The Hall–Kier alpha value is -2.10. The molecule has 2 aromatic carbocycles. The lowest BCUT2D eigenvalue weighted by atomic mass is 10.0. The van der Waals surface area contributed by atoms with Gasteiger partial charge < -0.3 is 10.4 Å². The van der Waals surface area contributed by atoms with E-state index in [1.165, 1.54) is 18.2 Å². The van der Waals surface area contributed by atoms with E-state index in [1.807, 2.05) is 0 Å². The molecule has 146 valence electrons. The highest BCUT2D eigenvalue weighted by Crippen LogP contribution is 2.38. The van der Waals surface area contributed by atoms with Crippen molar-refractivity contribution in [1.82, 2.24) is 10.0 Å². The van der Waals surface area contributed by atoms with Crippen LogP contribution in [0, 0.1) is 0 Å². The summed E-state index contributed by atoms with van der Waals surface area (Å²) in [7, 11) is -4.34. The minimum absolute atomic E-state index is 0.0845. The van der Waals surface area contributed by atoms with Crippen molar-refractivity contribution in [3.8, 4) is 16.9 Å². The molecule has 2 aromatic rings. The van der Waals surface area contributed by atoms with Crippen molar-refractivity contribution >= 4 is 10.0 Å². The molecule has 9 heteroatoms. The first-order chi connectivity index (χ1) is 12.7. The molecule has 0 aromatic heterocycles. The predicted octanol–water partition coefficient (Wildman–Crippen LogP) is 3.11. The van der Waals surface area contributed by atoms with Gasteiger partial charge in [0, 0.05) is 11.6 Å². The number of phenolic OH excluding ortho intramolecular Hbond substituents is 1. The molecule has 1 fully saturated rings. The van der Waals surface area contributed by atoms with Crippen molar-refractivity contribution < 1.29 is 26.7 Å². The van der Waals surface area contributed by atoms with Gasteiger partial charge in [0.05, 0.1) is 10.5 Å². The lowest BCUT2D eigenvalue weighted by Gasteiger charge is -2.24. The van der Waals surface area contributed by atoms with Crippen LogP contribution in [0.25, 0.3) is 11.1 Å². The van der Waals surface area contributed by atoms with E-state index >= 15 is 0 Å². The van der Waals surface area contributed by atoms with Crippen LogP contribution >= 0.6 is 0 Å². The molecule has 0 radical (unpaired) electrons. The molecule has 0 spiro atoms. The Balaban J connectivity index is 2.03. The number of alkyl halides is 3. The molecule has 1 aliphatic rings. The van der Waals surface area contributed by atoms with Crippen LogP contribution in [0.4, 0.5) is 13.2 Å². The van der Waals surface area contributed by atoms with E-state index in [1.54, 1.807) is 12.1 Å². The van der Waals surface area contributed by atoms with Crippen LogP contribution in [0.5, 0.6) is 5.75 Å². The van der Waals surface area contributed by atoms with Crippen molar-refractivity contribution in [3.63, 3.8) is 0 Å². The van der Waals surface area contributed by atoms with E-state index in [0.717, 1.165) is 12.1 Å². The number of hydrogen-bond donors (Lipinski definition) is 3. The number of para-hydroxylation sites is 1. The molecule has 5 nitrogen and oxygen atoms in total. The molecule has 1 heterocycles. The zero-order valence-electron chi connectivity index (χ0n) is 14.3. The summed E-state index contributed by atoms with van der Waals surface area (Å²) in [6.07, 6.45) is -3.84. The fraction of sp³-hybridized carbons (Fsp3) is 0.333. The standard InChI is InChI=1S/C18H19F3N2O3S/c19-18(20,21)15-11-12(14-3-1-2-4-16(14)24)5-6-17(15)27(25,26)23-13-7-9-22-10-8-13/h1-6,11,13,22-24H,7-10H2. The fourth-order valence-corrected chi connectivity index (χ4v) is 4.61. The Bertz CT molecular complexity index is 924. The smallest absolute Gasteiger partial charge is 0.417 e. The highest BCUT2D eigenvalue weighted by Gasteiger charge is 2.38. The molecule has 0 saturated carbocycles. The number of nitrogens with one attached hydrogen (secondary N) is 2. The highest BCUT2D eigenvalue weighted by atomic mass is 32.2. The topological polar surface area (TPSA) is 78.4 Å². The third-order valence-corrected chi connectivity index (χ3v) is 6.03. The number of piperidine rings is 1. The van der Waals surface area contributed by atoms with Crippen LogP contribution in [-0.4, -0.2) is 32.7 Å². The SMILES string of the molecule is O=S(=O)(NC1CCNCC1)c1ccc(-c2ccccc2O)cc1C(F)(F)F. The second kappa shape index (κ2) is 7.49. The van der Waals surface area contributed by atoms with Crippen LogP contribution in [0.15, 0.2) is 47.4 Å². The lowest BCUT2D eigenvalue weighted by molar-refractivity contribution is -0.139. The molecule has 0 bridgehead atoms. The van der Waals surface area contributed by atoms with Gasteiger partial charge in [-0.1, -0.05) is 24.3 Å². The maximum Gasteiger partial charge on any atom is 0.417 e. The number of aromatic hydroxyl groups is 1. The Kier molecular flexibility index (Phi) is 5.45. The zero-order chi connectivity index (χ0) is 19.7. The summed E-state index contributed by atoms with van der Waals surface area (Å²) in [6, 6.07) is 8.49. The first-order valence-electron chi connectivity index (χ1n) is 8.41. The minimum Gasteiger partial charge on any atom is -0.507 e. The number of benzene rings is 2. The van der Waals surface area contributed by atoms with Gasteiger partial charge in [-0.2, -0.15) is 13.2 Å². The van der Waals surface area contributed by atoms with Crippen molar-refractivity contribution in [2.24, 2.45) is 0 Å². The molecule has 0 unspecified atom stereocenters. The van der Waals surface area contributed by atoms with E-state index in [4.69, 9.17) is 0 Å². The second-order valence-electron chi connectivity index (χ2n) is 6.37. The van der Waals surface area contributed by atoms with Gasteiger partial charge in [-0.05, 0) is 49.7 Å². The van der Waals surface area contributed by atoms with Gasteiger partial charge in [-0.15, -0.1) is 0 Å². The van der Waals surface area contributed by atoms with Gasteiger partial charge in [-0.3, -0.25) is 0 Å².